The normalized spacial score (nSPS) is 11.4. The van der Waals surface area contributed by atoms with Gasteiger partial charge in [-0.2, -0.15) is 0 Å². The largest absolute Gasteiger partial charge is 0.254 e. The molecule has 276 valence electrons. The number of thiophene rings is 1. The molecule has 7 aromatic carbocycles. The molecule has 0 N–H and O–H groups in total. The smallest absolute Gasteiger partial charge is 0.164 e. The van der Waals surface area contributed by atoms with E-state index in [1.807, 2.05) is 48.7 Å². The molecule has 5 nitrogen and oxygen atoms in total. The summed E-state index contributed by atoms with van der Waals surface area (Å²) in [5.74, 6) is 1.90. The third kappa shape index (κ3) is 6.52. The van der Waals surface area contributed by atoms with Gasteiger partial charge in [-0.1, -0.05) is 164 Å². The molecule has 4 heterocycles. The summed E-state index contributed by atoms with van der Waals surface area (Å²) >= 11 is 1.78. The van der Waals surface area contributed by atoms with Crippen LogP contribution in [0.15, 0.2) is 200 Å². The number of rotatable bonds is 7. The summed E-state index contributed by atoms with van der Waals surface area (Å²) in [6, 6.07) is 67.4. The Morgan fingerprint density at radius 3 is 1.44 bits per heavy atom. The Hall–Kier alpha value is -7.67. The van der Waals surface area contributed by atoms with E-state index in [4.69, 9.17) is 24.9 Å². The van der Waals surface area contributed by atoms with Crippen molar-refractivity contribution in [2.45, 2.75) is 0 Å². The molecule has 0 atom stereocenters. The van der Waals surface area contributed by atoms with E-state index >= 15 is 0 Å². The number of aromatic nitrogens is 5. The Morgan fingerprint density at radius 2 is 0.797 bits per heavy atom. The number of pyridine rings is 2. The minimum atomic E-state index is 0.629. The van der Waals surface area contributed by atoms with Crippen molar-refractivity contribution < 1.29 is 0 Å². The zero-order valence-electron chi connectivity index (χ0n) is 31.7. The van der Waals surface area contributed by atoms with E-state index in [0.29, 0.717) is 17.5 Å². The topological polar surface area (TPSA) is 64.5 Å². The molecule has 0 fully saturated rings. The van der Waals surface area contributed by atoms with Crippen LogP contribution in [0.2, 0.25) is 0 Å². The number of benzene rings is 7. The lowest BCUT2D eigenvalue weighted by atomic mass is 9.96. The monoisotopic (exact) mass is 771 g/mol. The molecule has 0 spiro atoms. The van der Waals surface area contributed by atoms with Crippen molar-refractivity contribution in [2.24, 2.45) is 0 Å². The van der Waals surface area contributed by atoms with Gasteiger partial charge in [-0.25, -0.2) is 19.9 Å². The fourth-order valence-corrected chi connectivity index (χ4v) is 9.04. The molecular weight excluding hydrogens is 739 g/mol. The molecule has 0 saturated heterocycles. The zero-order valence-corrected chi connectivity index (χ0v) is 32.5. The summed E-state index contributed by atoms with van der Waals surface area (Å²) in [6.07, 6.45) is 1.86. The quantitative estimate of drug-likeness (QED) is 0.161. The van der Waals surface area contributed by atoms with E-state index in [0.717, 1.165) is 71.5 Å². The highest BCUT2D eigenvalue weighted by molar-refractivity contribution is 7.26. The third-order valence-corrected chi connectivity index (χ3v) is 12.0. The maximum atomic E-state index is 5.20. The average Bonchev–Trinajstić information content (AvgIpc) is 3.72. The molecule has 11 aromatic rings. The van der Waals surface area contributed by atoms with Gasteiger partial charge in [-0.15, -0.1) is 11.3 Å². The molecular formula is C53H33N5S. The van der Waals surface area contributed by atoms with Gasteiger partial charge in [0.05, 0.1) is 21.4 Å². The number of hydrogen-bond acceptors (Lipinski definition) is 6. The van der Waals surface area contributed by atoms with E-state index in [1.165, 1.54) is 21.0 Å². The van der Waals surface area contributed by atoms with Gasteiger partial charge in [0.1, 0.15) is 0 Å². The predicted octanol–water partition coefficient (Wildman–Crippen LogP) is 13.9. The maximum Gasteiger partial charge on any atom is 0.164 e. The highest BCUT2D eigenvalue weighted by Crippen LogP contribution is 2.43. The second-order valence-electron chi connectivity index (χ2n) is 14.5. The van der Waals surface area contributed by atoms with Crippen molar-refractivity contribution in [3.05, 3.63) is 200 Å². The minimum absolute atomic E-state index is 0.629. The second-order valence-corrected chi connectivity index (χ2v) is 15.5. The Balaban J connectivity index is 0.929. The van der Waals surface area contributed by atoms with Gasteiger partial charge >= 0.3 is 0 Å². The van der Waals surface area contributed by atoms with E-state index in [-0.39, 0.29) is 0 Å². The Bertz CT molecular complexity index is 3310. The van der Waals surface area contributed by atoms with Crippen molar-refractivity contribution >= 4 is 42.5 Å². The van der Waals surface area contributed by atoms with Crippen LogP contribution in [0.4, 0.5) is 0 Å². The summed E-state index contributed by atoms with van der Waals surface area (Å²) in [5.41, 5.74) is 13.5. The lowest BCUT2D eigenvalue weighted by Crippen LogP contribution is -2.00. The van der Waals surface area contributed by atoms with Gasteiger partial charge in [0, 0.05) is 43.9 Å². The van der Waals surface area contributed by atoms with Gasteiger partial charge in [0.15, 0.2) is 17.5 Å². The fourth-order valence-electron chi connectivity index (χ4n) is 7.82. The van der Waals surface area contributed by atoms with Crippen LogP contribution in [0.3, 0.4) is 0 Å². The highest BCUT2D eigenvalue weighted by atomic mass is 32.1. The molecule has 0 saturated carbocycles. The molecule has 6 heteroatoms. The van der Waals surface area contributed by atoms with Gasteiger partial charge in [-0.3, -0.25) is 4.98 Å². The maximum absolute atomic E-state index is 5.20. The van der Waals surface area contributed by atoms with Crippen LogP contribution in [-0.4, -0.2) is 24.9 Å². The molecule has 0 amide bonds. The van der Waals surface area contributed by atoms with E-state index in [9.17, 15) is 0 Å². The SMILES string of the molecule is c1ccc(-c2ccc(-c3nc(-c4ccccc4)nc(-c4ccc(-c5cccc(-c6cccc(-c7nc8cccnc8c8c7sc7ccccc78)c6)c5)cc4)n3)cc2)cc1. The van der Waals surface area contributed by atoms with Crippen molar-refractivity contribution in [3.8, 4) is 78.8 Å². The second kappa shape index (κ2) is 14.7. The molecule has 59 heavy (non-hydrogen) atoms. The summed E-state index contributed by atoms with van der Waals surface area (Å²) in [7, 11) is 0. The molecule has 4 aromatic heterocycles. The first-order valence-corrected chi connectivity index (χ1v) is 20.4. The predicted molar refractivity (Wildman–Crippen MR) is 244 cm³/mol. The highest BCUT2D eigenvalue weighted by Gasteiger charge is 2.18. The molecule has 0 unspecified atom stereocenters. The Morgan fingerprint density at radius 1 is 0.339 bits per heavy atom. The first-order valence-electron chi connectivity index (χ1n) is 19.6. The van der Waals surface area contributed by atoms with Crippen molar-refractivity contribution in [1.82, 2.24) is 24.9 Å². The number of hydrogen-bond donors (Lipinski definition) is 0. The summed E-state index contributed by atoms with van der Waals surface area (Å²) in [5, 5.41) is 2.39. The van der Waals surface area contributed by atoms with Gasteiger partial charge in [-0.05, 0) is 63.7 Å². The van der Waals surface area contributed by atoms with Crippen LogP contribution in [0.5, 0.6) is 0 Å². The molecule has 0 aliphatic carbocycles. The first-order chi connectivity index (χ1) is 29.2. The number of nitrogens with zero attached hydrogens (tertiary/aromatic N) is 5. The molecule has 11 rings (SSSR count). The van der Waals surface area contributed by atoms with Crippen LogP contribution in [0, 0.1) is 0 Å². The Kier molecular flexibility index (Phi) is 8.60. The van der Waals surface area contributed by atoms with Gasteiger partial charge < -0.3 is 0 Å². The average molecular weight is 772 g/mol. The minimum Gasteiger partial charge on any atom is -0.254 e. The summed E-state index contributed by atoms with van der Waals surface area (Å²) < 4.78 is 2.39. The van der Waals surface area contributed by atoms with Crippen LogP contribution >= 0.6 is 11.3 Å². The van der Waals surface area contributed by atoms with Gasteiger partial charge in [0.2, 0.25) is 0 Å². The lowest BCUT2D eigenvalue weighted by Gasteiger charge is -2.11. The number of fused-ring (bicyclic) bond motifs is 5. The lowest BCUT2D eigenvalue weighted by molar-refractivity contribution is 1.07. The third-order valence-electron chi connectivity index (χ3n) is 10.8. The van der Waals surface area contributed by atoms with Gasteiger partial charge in [0.25, 0.3) is 0 Å². The van der Waals surface area contributed by atoms with E-state index in [1.54, 1.807) is 11.3 Å². The van der Waals surface area contributed by atoms with Crippen LogP contribution < -0.4 is 0 Å². The molecule has 0 bridgehead atoms. The summed E-state index contributed by atoms with van der Waals surface area (Å²) in [6.45, 7) is 0. The standard InChI is InChI=1S/C53H33N5S/c1-3-12-34(13-4-1)35-23-27-38(28-24-35)52-56-51(37-14-5-2-6-15-37)57-53(58-52)39-29-25-36(26-30-39)40-16-9-17-41(32-40)42-18-10-19-43(33-42)48-50-47(44-20-7-8-22-46(44)59-50)49-45(55-48)21-11-31-54-49/h1-33H. The van der Waals surface area contributed by atoms with E-state index < -0.39 is 0 Å². The van der Waals surface area contributed by atoms with Crippen LogP contribution in [0.25, 0.3) is 110 Å². The van der Waals surface area contributed by atoms with Crippen molar-refractivity contribution in [1.29, 1.82) is 0 Å². The summed E-state index contributed by atoms with van der Waals surface area (Å²) in [4.78, 5) is 24.9. The van der Waals surface area contributed by atoms with Crippen molar-refractivity contribution in [3.63, 3.8) is 0 Å². The molecule has 0 radical (unpaired) electrons. The first kappa shape index (κ1) is 34.6. The van der Waals surface area contributed by atoms with Crippen molar-refractivity contribution in [2.75, 3.05) is 0 Å². The van der Waals surface area contributed by atoms with E-state index in [2.05, 4.69) is 152 Å². The molecule has 0 aliphatic heterocycles. The fraction of sp³-hybridized carbons (Fsp3) is 0. The van der Waals surface area contributed by atoms with Crippen LogP contribution in [-0.2, 0) is 0 Å². The molecule has 0 aliphatic rings. The van der Waals surface area contributed by atoms with Crippen LogP contribution in [0.1, 0.15) is 0 Å². The zero-order chi connectivity index (χ0) is 39.1. The Labute approximate surface area is 345 Å².